The lowest BCUT2D eigenvalue weighted by atomic mass is 10.1. The minimum Gasteiger partial charge on any atom is -0.340 e. The summed E-state index contributed by atoms with van der Waals surface area (Å²) in [7, 11) is 0. The van der Waals surface area contributed by atoms with Crippen LogP contribution in [0, 0.1) is 0 Å². The number of benzene rings is 1. The maximum Gasteiger partial charge on any atom is 0.253 e. The summed E-state index contributed by atoms with van der Waals surface area (Å²) in [6, 6.07) is 6.10. The van der Waals surface area contributed by atoms with Crippen molar-refractivity contribution in [2.45, 2.75) is 31.2 Å². The number of amides is 2. The summed E-state index contributed by atoms with van der Waals surface area (Å²) >= 11 is 9.08. The molecule has 26 heavy (non-hydrogen) atoms. The highest BCUT2D eigenvalue weighted by Gasteiger charge is 2.28. The van der Waals surface area contributed by atoms with E-state index in [2.05, 4.69) is 20.8 Å². The van der Waals surface area contributed by atoms with Crippen LogP contribution < -0.4 is 10.6 Å². The number of carbonyl (C=O) groups excluding carboxylic acids is 2. The Morgan fingerprint density at radius 1 is 1.35 bits per heavy atom. The van der Waals surface area contributed by atoms with Crippen molar-refractivity contribution < 1.29 is 9.59 Å². The molecule has 1 saturated carbocycles. The number of rotatable bonds is 8. The number of nitrogens with zero attached hydrogens (tertiary/aromatic N) is 2. The molecular formula is C17H19ClN4O2S2. The molecule has 1 aromatic carbocycles. The van der Waals surface area contributed by atoms with E-state index in [9.17, 15) is 9.59 Å². The Balaban J connectivity index is 1.66. The van der Waals surface area contributed by atoms with Gasteiger partial charge in [-0.05, 0) is 43.4 Å². The predicted octanol–water partition coefficient (Wildman–Crippen LogP) is 3.56. The topological polar surface area (TPSA) is 84.0 Å². The molecular weight excluding hydrogens is 392 g/mol. The van der Waals surface area contributed by atoms with Crippen LogP contribution in [0.15, 0.2) is 24.3 Å². The van der Waals surface area contributed by atoms with Gasteiger partial charge in [-0.3, -0.25) is 14.9 Å². The summed E-state index contributed by atoms with van der Waals surface area (Å²) in [6.07, 6.45) is 4.73. The third kappa shape index (κ3) is 4.96. The summed E-state index contributed by atoms with van der Waals surface area (Å²) in [5.74, 6) is 0.570. The average molecular weight is 411 g/mol. The van der Waals surface area contributed by atoms with Gasteiger partial charge in [-0.15, -0.1) is 10.2 Å². The Bertz CT molecular complexity index is 795. The molecule has 0 saturated heterocycles. The number of aromatic nitrogens is 2. The summed E-state index contributed by atoms with van der Waals surface area (Å²) in [5.41, 5.74) is 0.350. The quantitative estimate of drug-likeness (QED) is 0.695. The minimum absolute atomic E-state index is 0.294. The Kier molecular flexibility index (Phi) is 6.50. The summed E-state index contributed by atoms with van der Waals surface area (Å²) in [4.78, 5) is 25.1. The van der Waals surface area contributed by atoms with Crippen molar-refractivity contribution in [1.82, 2.24) is 15.5 Å². The molecule has 0 unspecified atom stereocenters. The van der Waals surface area contributed by atoms with Gasteiger partial charge in [0.2, 0.25) is 11.0 Å². The van der Waals surface area contributed by atoms with Crippen LogP contribution in [-0.2, 0) is 4.79 Å². The fourth-order valence-electron chi connectivity index (χ4n) is 2.36. The number of halogens is 1. The highest BCUT2D eigenvalue weighted by Crippen LogP contribution is 2.42. The lowest BCUT2D eigenvalue weighted by Gasteiger charge is -2.17. The molecule has 1 heterocycles. The van der Waals surface area contributed by atoms with Crippen LogP contribution in [0.25, 0.3) is 0 Å². The highest BCUT2D eigenvalue weighted by atomic mass is 35.5. The van der Waals surface area contributed by atoms with Crippen LogP contribution in [0.4, 0.5) is 5.13 Å². The van der Waals surface area contributed by atoms with Gasteiger partial charge in [-0.25, -0.2) is 0 Å². The minimum atomic E-state index is -0.667. The van der Waals surface area contributed by atoms with E-state index in [1.807, 2.05) is 6.26 Å². The molecule has 0 radical (unpaired) electrons. The Morgan fingerprint density at radius 2 is 2.12 bits per heavy atom. The van der Waals surface area contributed by atoms with E-state index in [-0.39, 0.29) is 11.8 Å². The second-order valence-electron chi connectivity index (χ2n) is 6.00. The predicted molar refractivity (Wildman–Crippen MR) is 106 cm³/mol. The zero-order valence-corrected chi connectivity index (χ0v) is 16.6. The van der Waals surface area contributed by atoms with Crippen LogP contribution in [0.3, 0.4) is 0 Å². The molecule has 2 aromatic rings. The van der Waals surface area contributed by atoms with E-state index in [0.717, 1.165) is 23.6 Å². The van der Waals surface area contributed by atoms with E-state index in [1.165, 1.54) is 11.3 Å². The third-order valence-corrected chi connectivity index (χ3v) is 5.92. The average Bonchev–Trinajstić information content (AvgIpc) is 3.38. The van der Waals surface area contributed by atoms with Gasteiger partial charge in [-0.1, -0.05) is 35.1 Å². The lowest BCUT2D eigenvalue weighted by Crippen LogP contribution is -2.44. The largest absolute Gasteiger partial charge is 0.340 e. The van der Waals surface area contributed by atoms with Crippen LogP contribution in [0.2, 0.25) is 5.02 Å². The molecule has 1 aliphatic rings. The van der Waals surface area contributed by atoms with Crippen molar-refractivity contribution in [1.29, 1.82) is 0 Å². The first kappa shape index (κ1) is 19.1. The van der Waals surface area contributed by atoms with Gasteiger partial charge in [-0.2, -0.15) is 11.8 Å². The highest BCUT2D eigenvalue weighted by molar-refractivity contribution is 7.98. The monoisotopic (exact) mass is 410 g/mol. The maximum absolute atomic E-state index is 12.6. The lowest BCUT2D eigenvalue weighted by molar-refractivity contribution is -0.118. The zero-order chi connectivity index (χ0) is 18.5. The molecule has 0 bridgehead atoms. The smallest absolute Gasteiger partial charge is 0.253 e. The van der Waals surface area contributed by atoms with E-state index in [1.54, 1.807) is 36.0 Å². The normalized spacial score (nSPS) is 14.7. The number of hydrogen-bond donors (Lipinski definition) is 2. The standard InChI is InChI=1S/C17H19ClN4O2S2/c1-25-9-8-13(19-14(23)11-4-2-3-5-12(11)18)15(24)20-17-22-21-16(26-17)10-6-7-10/h2-5,10,13H,6-9H2,1H3,(H,19,23)(H,20,22,24)/t13-/m0/s1. The van der Waals surface area contributed by atoms with Gasteiger partial charge in [0, 0.05) is 5.92 Å². The third-order valence-electron chi connectivity index (χ3n) is 3.95. The molecule has 2 N–H and O–H groups in total. The number of anilines is 1. The van der Waals surface area contributed by atoms with Gasteiger partial charge in [0.1, 0.15) is 11.0 Å². The first-order chi connectivity index (χ1) is 12.6. The second-order valence-corrected chi connectivity index (χ2v) is 8.40. The first-order valence-corrected chi connectivity index (χ1v) is 10.9. The van der Waals surface area contributed by atoms with E-state index in [4.69, 9.17) is 11.6 Å². The second kappa shape index (κ2) is 8.83. The summed E-state index contributed by atoms with van der Waals surface area (Å²) in [5, 5.41) is 15.5. The van der Waals surface area contributed by atoms with Crippen LogP contribution in [0.5, 0.6) is 0 Å². The SMILES string of the molecule is CSCC[C@H](NC(=O)c1ccccc1Cl)C(=O)Nc1nnc(C2CC2)s1. The van der Waals surface area contributed by atoms with E-state index < -0.39 is 6.04 Å². The van der Waals surface area contributed by atoms with Crippen molar-refractivity contribution >= 4 is 51.6 Å². The number of nitrogens with one attached hydrogen (secondary N) is 2. The molecule has 138 valence electrons. The van der Waals surface area contributed by atoms with Gasteiger partial charge in [0.25, 0.3) is 5.91 Å². The van der Waals surface area contributed by atoms with Crippen LogP contribution in [0.1, 0.15) is 40.5 Å². The number of hydrogen-bond acceptors (Lipinski definition) is 6. The first-order valence-electron chi connectivity index (χ1n) is 8.27. The Morgan fingerprint density at radius 3 is 2.81 bits per heavy atom. The van der Waals surface area contributed by atoms with Crippen molar-refractivity contribution in [3.63, 3.8) is 0 Å². The summed E-state index contributed by atoms with van der Waals surface area (Å²) < 4.78 is 0. The fraction of sp³-hybridized carbons (Fsp3) is 0.412. The summed E-state index contributed by atoms with van der Waals surface area (Å²) in [6.45, 7) is 0. The Hall–Kier alpha value is -1.64. The molecule has 0 aliphatic heterocycles. The van der Waals surface area contributed by atoms with E-state index >= 15 is 0 Å². The van der Waals surface area contributed by atoms with Crippen LogP contribution in [-0.4, -0.2) is 40.1 Å². The van der Waals surface area contributed by atoms with Crippen LogP contribution >= 0.6 is 34.7 Å². The number of carbonyl (C=O) groups is 2. The molecule has 6 nitrogen and oxygen atoms in total. The zero-order valence-electron chi connectivity index (χ0n) is 14.2. The van der Waals surface area contributed by atoms with Gasteiger partial charge < -0.3 is 5.32 Å². The molecule has 1 aliphatic carbocycles. The molecule has 1 aromatic heterocycles. The maximum atomic E-state index is 12.6. The molecule has 9 heteroatoms. The molecule has 0 spiro atoms. The van der Waals surface area contributed by atoms with Gasteiger partial charge in [0.15, 0.2) is 0 Å². The van der Waals surface area contributed by atoms with Crippen molar-refractivity contribution in [3.05, 3.63) is 39.9 Å². The van der Waals surface area contributed by atoms with Crippen molar-refractivity contribution in [2.24, 2.45) is 0 Å². The molecule has 3 rings (SSSR count). The molecule has 1 atom stereocenters. The molecule has 1 fully saturated rings. The van der Waals surface area contributed by atoms with Gasteiger partial charge >= 0.3 is 0 Å². The van der Waals surface area contributed by atoms with Crippen molar-refractivity contribution in [3.8, 4) is 0 Å². The molecule has 2 amide bonds. The number of thioether (sulfide) groups is 1. The fourth-order valence-corrected chi connectivity index (χ4v) is 3.97. The van der Waals surface area contributed by atoms with Crippen molar-refractivity contribution in [2.75, 3.05) is 17.3 Å². The van der Waals surface area contributed by atoms with E-state index in [0.29, 0.717) is 28.1 Å². The Labute approximate surface area is 165 Å². The van der Waals surface area contributed by atoms with Gasteiger partial charge in [0.05, 0.1) is 10.6 Å².